The Bertz CT molecular complexity index is 355. The summed E-state index contributed by atoms with van der Waals surface area (Å²) < 4.78 is 0. The lowest BCUT2D eigenvalue weighted by Gasteiger charge is -2.10. The number of nitrogen functional groups attached to an aromatic ring is 1. The van der Waals surface area contributed by atoms with E-state index >= 15 is 0 Å². The van der Waals surface area contributed by atoms with Gasteiger partial charge in [-0.25, -0.2) is 15.8 Å². The van der Waals surface area contributed by atoms with Crippen LogP contribution in [0.3, 0.4) is 0 Å². The van der Waals surface area contributed by atoms with Gasteiger partial charge in [-0.1, -0.05) is 26.7 Å². The lowest BCUT2D eigenvalue weighted by molar-refractivity contribution is 0.777. The second kappa shape index (κ2) is 7.50. The first-order chi connectivity index (χ1) is 8.22. The molecule has 0 radical (unpaired) electrons. The highest BCUT2D eigenvalue weighted by Gasteiger charge is 2.09. The van der Waals surface area contributed by atoms with E-state index < -0.39 is 0 Å². The molecule has 5 heteroatoms. The third-order valence-electron chi connectivity index (χ3n) is 2.59. The summed E-state index contributed by atoms with van der Waals surface area (Å²) in [4.78, 5) is 8.91. The summed E-state index contributed by atoms with van der Waals surface area (Å²) in [7, 11) is 0. The van der Waals surface area contributed by atoms with Crippen molar-refractivity contribution in [2.24, 2.45) is 5.84 Å². The molecular weight excluding hydrogens is 232 g/mol. The number of aromatic nitrogens is 2. The number of rotatable bonds is 7. The van der Waals surface area contributed by atoms with Gasteiger partial charge in [0.2, 0.25) is 0 Å². The van der Waals surface area contributed by atoms with Gasteiger partial charge in [-0.3, -0.25) is 0 Å². The zero-order valence-corrected chi connectivity index (χ0v) is 11.7. The maximum atomic E-state index is 5.47. The van der Waals surface area contributed by atoms with Crippen molar-refractivity contribution in [2.45, 2.75) is 51.5 Å². The fraction of sp³-hybridized carbons (Fsp3) is 0.667. The molecule has 0 unspecified atom stereocenters. The normalized spacial score (nSPS) is 10.6. The predicted octanol–water partition coefficient (Wildman–Crippen LogP) is 2.92. The van der Waals surface area contributed by atoms with Crippen LogP contribution in [0.1, 0.15) is 44.5 Å². The number of aryl methyl sites for hydroxylation is 1. The van der Waals surface area contributed by atoms with Gasteiger partial charge >= 0.3 is 0 Å². The minimum absolute atomic E-state index is 0.745. The molecule has 0 aliphatic carbocycles. The minimum atomic E-state index is 0.745. The summed E-state index contributed by atoms with van der Waals surface area (Å²) in [5.41, 5.74) is 3.69. The van der Waals surface area contributed by atoms with Gasteiger partial charge < -0.3 is 5.43 Å². The maximum Gasteiger partial charge on any atom is 0.147 e. The molecule has 0 fully saturated rings. The van der Waals surface area contributed by atoms with Crippen LogP contribution in [0.5, 0.6) is 0 Å². The lowest BCUT2D eigenvalue weighted by atomic mass is 10.3. The van der Waals surface area contributed by atoms with Crippen LogP contribution in [-0.2, 0) is 6.42 Å². The summed E-state index contributed by atoms with van der Waals surface area (Å²) in [5, 5.41) is 1.06. The van der Waals surface area contributed by atoms with Crippen LogP contribution in [0.15, 0.2) is 5.03 Å². The number of hydrogen-bond acceptors (Lipinski definition) is 5. The molecule has 0 amide bonds. The number of nitrogens with one attached hydrogen (secondary N) is 1. The van der Waals surface area contributed by atoms with E-state index in [1.807, 2.05) is 6.92 Å². The molecule has 96 valence electrons. The Morgan fingerprint density at radius 1 is 1.24 bits per heavy atom. The molecule has 0 saturated carbocycles. The molecule has 4 nitrogen and oxygen atoms in total. The van der Waals surface area contributed by atoms with Gasteiger partial charge in [-0.05, 0) is 19.1 Å². The van der Waals surface area contributed by atoms with E-state index in [4.69, 9.17) is 5.84 Å². The number of hydrazine groups is 1. The molecule has 1 heterocycles. The number of nitrogens with two attached hydrogens (primary N) is 1. The smallest absolute Gasteiger partial charge is 0.147 e. The molecule has 0 bridgehead atoms. The van der Waals surface area contributed by atoms with Gasteiger partial charge in [-0.2, -0.15) is 0 Å². The highest BCUT2D eigenvalue weighted by Crippen LogP contribution is 2.25. The predicted molar refractivity (Wildman–Crippen MR) is 74.2 cm³/mol. The van der Waals surface area contributed by atoms with E-state index in [1.165, 1.54) is 19.3 Å². The molecule has 0 aliphatic heterocycles. The third-order valence-corrected chi connectivity index (χ3v) is 3.75. The molecular formula is C12H22N4S. The maximum absolute atomic E-state index is 5.47. The van der Waals surface area contributed by atoms with Crippen molar-refractivity contribution in [1.29, 1.82) is 0 Å². The van der Waals surface area contributed by atoms with Crippen LogP contribution in [0.25, 0.3) is 0 Å². The van der Waals surface area contributed by atoms with Crippen molar-refractivity contribution in [1.82, 2.24) is 9.97 Å². The van der Waals surface area contributed by atoms with Crippen molar-refractivity contribution >= 4 is 17.6 Å². The highest BCUT2D eigenvalue weighted by atomic mass is 32.2. The fourth-order valence-corrected chi connectivity index (χ4v) is 2.53. The molecule has 17 heavy (non-hydrogen) atoms. The number of thioether (sulfide) groups is 1. The van der Waals surface area contributed by atoms with Crippen molar-refractivity contribution in [3.63, 3.8) is 0 Å². The van der Waals surface area contributed by atoms with Gasteiger partial charge in [0.05, 0.1) is 0 Å². The van der Waals surface area contributed by atoms with Crippen LogP contribution >= 0.6 is 11.8 Å². The Morgan fingerprint density at radius 2 is 2.00 bits per heavy atom. The number of unbranched alkanes of at least 4 members (excludes halogenated alkanes) is 2. The summed E-state index contributed by atoms with van der Waals surface area (Å²) in [5.74, 6) is 8.17. The van der Waals surface area contributed by atoms with E-state index in [1.54, 1.807) is 11.8 Å². The van der Waals surface area contributed by atoms with Crippen LogP contribution in [-0.4, -0.2) is 15.7 Å². The van der Waals surface area contributed by atoms with Gasteiger partial charge in [0, 0.05) is 12.0 Å². The first kappa shape index (κ1) is 14.3. The zero-order chi connectivity index (χ0) is 12.7. The summed E-state index contributed by atoms with van der Waals surface area (Å²) in [6.45, 7) is 6.28. The third kappa shape index (κ3) is 4.16. The molecule has 3 N–H and O–H groups in total. The Hall–Kier alpha value is -0.810. The molecule has 0 atom stereocenters. The van der Waals surface area contributed by atoms with E-state index in [9.17, 15) is 0 Å². The topological polar surface area (TPSA) is 63.8 Å². The minimum Gasteiger partial charge on any atom is -0.308 e. The molecule has 0 aliphatic rings. The highest BCUT2D eigenvalue weighted by molar-refractivity contribution is 7.99. The van der Waals surface area contributed by atoms with E-state index in [0.717, 1.165) is 34.4 Å². The van der Waals surface area contributed by atoms with Crippen molar-refractivity contribution in [3.05, 3.63) is 11.4 Å². The monoisotopic (exact) mass is 254 g/mol. The van der Waals surface area contributed by atoms with Crippen LogP contribution < -0.4 is 11.3 Å². The molecule has 0 saturated heterocycles. The Balaban J connectivity index is 2.75. The first-order valence-corrected chi connectivity index (χ1v) is 7.18. The van der Waals surface area contributed by atoms with E-state index in [0.29, 0.717) is 0 Å². The number of anilines is 1. The molecule has 1 rings (SSSR count). The summed E-state index contributed by atoms with van der Waals surface area (Å²) in [6.07, 6.45) is 4.59. The Kier molecular flexibility index (Phi) is 6.29. The average Bonchev–Trinajstić information content (AvgIpc) is 2.36. The molecule has 1 aromatic rings. The number of nitrogens with zero attached hydrogens (tertiary/aromatic N) is 2. The van der Waals surface area contributed by atoms with Crippen molar-refractivity contribution in [2.75, 3.05) is 11.2 Å². The van der Waals surface area contributed by atoms with Gasteiger partial charge in [-0.15, -0.1) is 11.8 Å². The number of hydrogen-bond donors (Lipinski definition) is 2. The van der Waals surface area contributed by atoms with E-state index in [-0.39, 0.29) is 0 Å². The summed E-state index contributed by atoms with van der Waals surface area (Å²) >= 11 is 1.80. The quantitative estimate of drug-likeness (QED) is 0.257. The Morgan fingerprint density at radius 3 is 2.59 bits per heavy atom. The van der Waals surface area contributed by atoms with Crippen LogP contribution in [0.2, 0.25) is 0 Å². The summed E-state index contributed by atoms with van der Waals surface area (Å²) in [6, 6.07) is 0. The van der Waals surface area contributed by atoms with Crippen molar-refractivity contribution in [3.8, 4) is 0 Å². The standard InChI is InChI=1S/C12H22N4S/c1-4-6-7-8-17-12-9(3)11(16-13)14-10(5-2)15-12/h4-8,13H2,1-3H3,(H,14,15,16). The van der Waals surface area contributed by atoms with Crippen LogP contribution in [0.4, 0.5) is 5.82 Å². The molecule has 1 aromatic heterocycles. The lowest BCUT2D eigenvalue weighted by Crippen LogP contribution is -2.13. The van der Waals surface area contributed by atoms with Gasteiger partial charge in [0.25, 0.3) is 0 Å². The zero-order valence-electron chi connectivity index (χ0n) is 10.9. The van der Waals surface area contributed by atoms with E-state index in [2.05, 4.69) is 29.2 Å². The fourth-order valence-electron chi connectivity index (χ4n) is 1.50. The van der Waals surface area contributed by atoms with Gasteiger partial charge in [0.15, 0.2) is 0 Å². The van der Waals surface area contributed by atoms with Crippen molar-refractivity contribution < 1.29 is 0 Å². The molecule has 0 spiro atoms. The second-order valence-corrected chi connectivity index (χ2v) is 5.06. The van der Waals surface area contributed by atoms with Gasteiger partial charge in [0.1, 0.15) is 16.7 Å². The first-order valence-electron chi connectivity index (χ1n) is 6.19. The largest absolute Gasteiger partial charge is 0.308 e. The van der Waals surface area contributed by atoms with Crippen LogP contribution in [0, 0.1) is 6.92 Å². The average molecular weight is 254 g/mol. The molecule has 0 aromatic carbocycles. The Labute approximate surface area is 108 Å². The second-order valence-electron chi connectivity index (χ2n) is 3.97. The SMILES string of the molecule is CCCCCSc1nc(CC)nc(NN)c1C.